The van der Waals surface area contributed by atoms with Crippen molar-refractivity contribution in [2.75, 3.05) is 34.1 Å². The van der Waals surface area contributed by atoms with E-state index in [0.29, 0.717) is 12.8 Å². The van der Waals surface area contributed by atoms with Crippen molar-refractivity contribution in [2.24, 2.45) is 28.6 Å². The van der Waals surface area contributed by atoms with E-state index in [2.05, 4.69) is 18.7 Å². The van der Waals surface area contributed by atoms with Crippen molar-refractivity contribution in [3.05, 3.63) is 0 Å². The third-order valence-corrected chi connectivity index (χ3v) is 11.9. The molecule has 7 bridgehead atoms. The molecule has 5 aliphatic carbocycles. The first-order chi connectivity index (χ1) is 16.6. The minimum absolute atomic E-state index is 0.0311. The number of likely N-dealkylation sites (tertiary alicyclic amines) is 1. The van der Waals surface area contributed by atoms with Crippen molar-refractivity contribution in [3.8, 4) is 0 Å². The minimum Gasteiger partial charge on any atom is -0.459 e. The number of rotatable bonds is 4. The molecule has 2 N–H and O–H groups in total. The number of piperidine rings is 1. The molecule has 13 atom stereocenters. The van der Waals surface area contributed by atoms with Crippen molar-refractivity contribution in [1.82, 2.24) is 4.90 Å². The molecule has 196 valence electrons. The summed E-state index contributed by atoms with van der Waals surface area (Å²) in [5, 5.41) is 25.0. The highest BCUT2D eigenvalue weighted by Crippen LogP contribution is 2.83. The fourth-order valence-electron chi connectivity index (χ4n) is 11.5. The van der Waals surface area contributed by atoms with Crippen LogP contribution >= 0.6 is 0 Å². The van der Waals surface area contributed by atoms with Gasteiger partial charge in [0.05, 0.1) is 35.4 Å². The fourth-order valence-corrected chi connectivity index (χ4v) is 11.5. The monoisotopic (exact) mass is 493 g/mol. The molecule has 0 aromatic carbocycles. The maximum atomic E-state index is 13.2. The zero-order valence-corrected chi connectivity index (χ0v) is 21.4. The predicted octanol–water partition coefficient (Wildman–Crippen LogP) is 0.696. The Labute approximate surface area is 206 Å². The molecule has 7 fully saturated rings. The minimum atomic E-state index is -1.29. The number of nitrogens with zero attached hydrogens (tertiary/aromatic N) is 1. The van der Waals surface area contributed by atoms with E-state index in [-0.39, 0.29) is 48.3 Å². The number of ether oxygens (including phenoxy) is 5. The first kappa shape index (κ1) is 23.3. The van der Waals surface area contributed by atoms with Crippen LogP contribution in [0.2, 0.25) is 0 Å². The van der Waals surface area contributed by atoms with Crippen LogP contribution < -0.4 is 0 Å². The summed E-state index contributed by atoms with van der Waals surface area (Å²) in [6, 6.07) is -0.280. The zero-order valence-electron chi connectivity index (χ0n) is 21.4. The molecule has 35 heavy (non-hydrogen) atoms. The molecular formula is C26H39NO8. The van der Waals surface area contributed by atoms with E-state index in [1.54, 1.807) is 14.2 Å². The molecule has 9 nitrogen and oxygen atoms in total. The summed E-state index contributed by atoms with van der Waals surface area (Å²) in [6.07, 6.45) is 0.601. The first-order valence-corrected chi connectivity index (χ1v) is 13.3. The number of methoxy groups -OCH3 is 2. The maximum absolute atomic E-state index is 13.2. The zero-order chi connectivity index (χ0) is 24.8. The largest absolute Gasteiger partial charge is 0.459 e. The van der Waals surface area contributed by atoms with Crippen LogP contribution in [-0.4, -0.2) is 102 Å². The van der Waals surface area contributed by atoms with Crippen LogP contribution in [0.3, 0.4) is 0 Å². The Morgan fingerprint density at radius 2 is 1.94 bits per heavy atom. The van der Waals surface area contributed by atoms with Crippen molar-refractivity contribution in [3.63, 3.8) is 0 Å². The number of hydrogen-bond donors (Lipinski definition) is 2. The van der Waals surface area contributed by atoms with Gasteiger partial charge in [0.25, 0.3) is 0 Å². The van der Waals surface area contributed by atoms with Gasteiger partial charge in [0.2, 0.25) is 0 Å². The van der Waals surface area contributed by atoms with Crippen molar-refractivity contribution >= 4 is 5.97 Å². The van der Waals surface area contributed by atoms with Crippen LogP contribution in [0.4, 0.5) is 0 Å². The van der Waals surface area contributed by atoms with Gasteiger partial charge in [-0.05, 0) is 31.2 Å². The molecule has 2 heterocycles. The third-order valence-electron chi connectivity index (χ3n) is 11.9. The molecule has 0 aromatic rings. The lowest BCUT2D eigenvalue weighted by atomic mass is 9.41. The Balaban J connectivity index is 1.61. The number of aliphatic hydroxyl groups excluding tert-OH is 1. The number of fused-ring (bicyclic) bond motifs is 1. The Hall–Kier alpha value is -0.810. The van der Waals surface area contributed by atoms with Gasteiger partial charge in [0.15, 0.2) is 5.60 Å². The molecule has 7 aliphatic rings. The highest BCUT2D eigenvalue weighted by atomic mass is 16.7. The summed E-state index contributed by atoms with van der Waals surface area (Å²) in [5.74, 6) is -1.33. The highest BCUT2D eigenvalue weighted by Gasteiger charge is 2.97. The molecular weight excluding hydrogens is 454 g/mol. The highest BCUT2D eigenvalue weighted by molar-refractivity contribution is 5.67. The summed E-state index contributed by atoms with van der Waals surface area (Å²) < 4.78 is 31.9. The van der Waals surface area contributed by atoms with Gasteiger partial charge in [-0.1, -0.05) is 13.8 Å². The lowest BCUT2D eigenvalue weighted by Gasteiger charge is -2.71. The van der Waals surface area contributed by atoms with E-state index in [9.17, 15) is 15.0 Å². The standard InChI is InChI=1S/C26H39NO8/c1-6-27-11-22(3)8-7-16(32-5)25-19(22)20(35-13(2)28)26(21(25)27)24(33-12-34-26)10-15(31-4)14-9-23(25,30)18(24)17(14)29/h14-21,29-30H,6-12H2,1-5H3/t14-,15+,16-,17+,18+,19-,20+,21-,22-,23+,24-,25?,26-/m1/s1. The van der Waals surface area contributed by atoms with Crippen LogP contribution in [0.1, 0.15) is 46.5 Å². The SMILES string of the molecule is CCN1C[C@@]2(C)CC[C@@H](OC)C34[C@@H]1[C@]1(OCO[C@@]15C[C@H](OC)[C@H]1C[C@]3(O)[C@@H]5[C@H]1O)[C@@H](OC(C)=O)[C@@H]42. The second-order valence-corrected chi connectivity index (χ2v) is 12.7. The molecule has 0 aromatic heterocycles. The van der Waals surface area contributed by atoms with Crippen LogP contribution in [0.15, 0.2) is 0 Å². The van der Waals surface area contributed by atoms with Crippen LogP contribution in [0.25, 0.3) is 0 Å². The molecule has 9 heteroatoms. The smallest absolute Gasteiger partial charge is 0.303 e. The van der Waals surface area contributed by atoms with E-state index >= 15 is 0 Å². The Morgan fingerprint density at radius 3 is 2.60 bits per heavy atom. The lowest BCUT2D eigenvalue weighted by molar-refractivity contribution is -0.331. The van der Waals surface area contributed by atoms with Crippen molar-refractivity contribution in [1.29, 1.82) is 0 Å². The lowest BCUT2D eigenvalue weighted by Crippen LogP contribution is -2.85. The van der Waals surface area contributed by atoms with E-state index in [4.69, 9.17) is 23.7 Å². The molecule has 0 amide bonds. The van der Waals surface area contributed by atoms with Gasteiger partial charge in [-0.3, -0.25) is 9.69 Å². The molecule has 7 rings (SSSR count). The number of likely N-dealkylation sites (N-methyl/N-ethyl adjacent to an activating group) is 1. The van der Waals surface area contributed by atoms with Gasteiger partial charge in [-0.2, -0.15) is 0 Å². The van der Waals surface area contributed by atoms with Crippen molar-refractivity contribution < 1.29 is 38.7 Å². The number of carbonyl (C=O) groups is 1. The van der Waals surface area contributed by atoms with Crippen molar-refractivity contribution in [2.45, 2.75) is 93.7 Å². The average Bonchev–Trinajstić information content (AvgIpc) is 3.34. The normalized spacial score (nSPS) is 61.6. The number of esters is 1. The predicted molar refractivity (Wildman–Crippen MR) is 121 cm³/mol. The van der Waals surface area contributed by atoms with Crippen LogP contribution in [0, 0.1) is 28.6 Å². The van der Waals surface area contributed by atoms with E-state index in [1.807, 2.05) is 0 Å². The van der Waals surface area contributed by atoms with Crippen LogP contribution in [0.5, 0.6) is 0 Å². The summed E-state index contributed by atoms with van der Waals surface area (Å²) >= 11 is 0. The molecule has 5 saturated carbocycles. The molecule has 2 saturated heterocycles. The Morgan fingerprint density at radius 1 is 1.17 bits per heavy atom. The van der Waals surface area contributed by atoms with Gasteiger partial charge in [-0.25, -0.2) is 0 Å². The van der Waals surface area contributed by atoms with Gasteiger partial charge in [-0.15, -0.1) is 0 Å². The second-order valence-electron chi connectivity index (χ2n) is 12.7. The topological polar surface area (TPSA) is 107 Å². The number of aliphatic hydroxyl groups is 2. The van der Waals surface area contributed by atoms with Crippen LogP contribution in [-0.2, 0) is 28.5 Å². The summed E-state index contributed by atoms with van der Waals surface area (Å²) in [4.78, 5) is 15.1. The number of carbonyl (C=O) groups excluding carboxylic acids is 1. The van der Waals surface area contributed by atoms with E-state index in [1.165, 1.54) is 6.92 Å². The molecule has 2 aliphatic heterocycles. The fraction of sp³-hybridized carbons (Fsp3) is 0.962. The second kappa shape index (κ2) is 6.79. The maximum Gasteiger partial charge on any atom is 0.303 e. The van der Waals surface area contributed by atoms with Gasteiger partial charge >= 0.3 is 5.97 Å². The van der Waals surface area contributed by atoms with E-state index in [0.717, 1.165) is 25.9 Å². The summed E-state index contributed by atoms with van der Waals surface area (Å²) in [7, 11) is 3.39. The molecule has 3 spiro atoms. The van der Waals surface area contributed by atoms with Gasteiger partial charge in [0.1, 0.15) is 18.5 Å². The Bertz CT molecular complexity index is 964. The Kier molecular flexibility index (Phi) is 4.52. The summed E-state index contributed by atoms with van der Waals surface area (Å²) in [6.45, 7) is 7.50. The van der Waals surface area contributed by atoms with E-state index < -0.39 is 40.3 Å². The quantitative estimate of drug-likeness (QED) is 0.547. The van der Waals surface area contributed by atoms with Gasteiger partial charge in [0, 0.05) is 51.9 Å². The molecule has 1 unspecified atom stereocenters. The summed E-state index contributed by atoms with van der Waals surface area (Å²) in [5.41, 5.74) is -4.39. The average molecular weight is 494 g/mol. The third kappa shape index (κ3) is 2.09. The van der Waals surface area contributed by atoms with Gasteiger partial charge < -0.3 is 33.9 Å². The molecule has 0 radical (unpaired) electrons. The number of hydrogen-bond acceptors (Lipinski definition) is 9. The first-order valence-electron chi connectivity index (χ1n) is 13.3.